The second-order valence-electron chi connectivity index (χ2n) is 7.38. The van der Waals surface area contributed by atoms with Crippen LogP contribution in [0.25, 0.3) is 0 Å². The van der Waals surface area contributed by atoms with Gasteiger partial charge in [-0.15, -0.1) is 0 Å². The molecular weight excluding hydrogens is 539 g/mol. The third kappa shape index (κ3) is 7.55. The van der Waals surface area contributed by atoms with E-state index in [1.54, 1.807) is 36.4 Å². The molecule has 32 heavy (non-hydrogen) atoms. The predicted molar refractivity (Wildman–Crippen MR) is 134 cm³/mol. The minimum Gasteiger partial charge on any atom is -0.482 e. The van der Waals surface area contributed by atoms with E-state index in [0.29, 0.717) is 27.2 Å². The summed E-state index contributed by atoms with van der Waals surface area (Å²) in [5.74, 6) is -0.173. The van der Waals surface area contributed by atoms with Crippen molar-refractivity contribution < 1.29 is 14.3 Å². The fraction of sp³-hybridized carbons (Fsp3) is 0.391. The van der Waals surface area contributed by atoms with Gasteiger partial charge in [0.05, 0.1) is 15.1 Å². The summed E-state index contributed by atoms with van der Waals surface area (Å²) in [5.41, 5.74) is 0.754. The number of benzene rings is 2. The van der Waals surface area contributed by atoms with E-state index in [1.807, 2.05) is 20.8 Å². The molecule has 2 atom stereocenters. The Bertz CT molecular complexity index is 958. The van der Waals surface area contributed by atoms with Gasteiger partial charge in [0.15, 0.2) is 6.61 Å². The number of ether oxygens (including phenoxy) is 1. The number of amides is 2. The summed E-state index contributed by atoms with van der Waals surface area (Å²) in [6, 6.07) is 9.59. The number of hydrogen-bond acceptors (Lipinski definition) is 3. The highest BCUT2D eigenvalue weighted by Gasteiger charge is 2.29. The maximum atomic E-state index is 13.2. The highest BCUT2D eigenvalue weighted by atomic mass is 79.9. The number of nitrogens with one attached hydrogen (secondary N) is 1. The maximum absolute atomic E-state index is 13.2. The van der Waals surface area contributed by atoms with Crippen LogP contribution >= 0.6 is 50.7 Å². The quantitative estimate of drug-likeness (QED) is 0.358. The van der Waals surface area contributed by atoms with Gasteiger partial charge in [0.1, 0.15) is 11.8 Å². The molecule has 0 aliphatic carbocycles. The molecule has 0 heterocycles. The van der Waals surface area contributed by atoms with Gasteiger partial charge in [0.2, 0.25) is 5.91 Å². The fourth-order valence-corrected chi connectivity index (χ4v) is 4.06. The van der Waals surface area contributed by atoms with Gasteiger partial charge in [0, 0.05) is 17.1 Å². The molecule has 0 bridgehead atoms. The Morgan fingerprint density at radius 2 is 1.75 bits per heavy atom. The Hall–Kier alpha value is -1.47. The largest absolute Gasteiger partial charge is 0.482 e. The lowest BCUT2D eigenvalue weighted by atomic mass is 10.1. The summed E-state index contributed by atoms with van der Waals surface area (Å²) in [6.07, 6.45) is 1.22. The minimum atomic E-state index is -0.671. The van der Waals surface area contributed by atoms with Crippen molar-refractivity contribution >= 4 is 62.5 Å². The maximum Gasteiger partial charge on any atom is 0.261 e. The normalized spacial score (nSPS) is 12.7. The second-order valence-corrected chi connectivity index (χ2v) is 9.51. The van der Waals surface area contributed by atoms with Gasteiger partial charge >= 0.3 is 0 Å². The van der Waals surface area contributed by atoms with Crippen molar-refractivity contribution in [1.82, 2.24) is 10.2 Å². The van der Waals surface area contributed by atoms with E-state index in [2.05, 4.69) is 21.2 Å². The van der Waals surface area contributed by atoms with Crippen molar-refractivity contribution in [3.63, 3.8) is 0 Å². The van der Waals surface area contributed by atoms with E-state index in [0.717, 1.165) is 16.5 Å². The molecule has 0 aliphatic heterocycles. The monoisotopic (exact) mass is 562 g/mol. The number of carbonyl (C=O) groups is 2. The van der Waals surface area contributed by atoms with Crippen LogP contribution in [0.4, 0.5) is 0 Å². The van der Waals surface area contributed by atoms with Crippen molar-refractivity contribution in [3.05, 3.63) is 61.5 Å². The molecule has 2 rings (SSSR count). The molecule has 0 fully saturated rings. The molecule has 174 valence electrons. The molecule has 0 aliphatic rings. The lowest BCUT2D eigenvalue weighted by molar-refractivity contribution is -0.143. The lowest BCUT2D eigenvalue weighted by Crippen LogP contribution is -2.51. The molecule has 0 saturated heterocycles. The Labute approximate surface area is 212 Å². The number of nitrogens with zero attached hydrogens (tertiary/aromatic N) is 1. The van der Waals surface area contributed by atoms with Crippen molar-refractivity contribution in [2.24, 2.45) is 0 Å². The van der Waals surface area contributed by atoms with Crippen LogP contribution in [0.2, 0.25) is 15.1 Å². The van der Waals surface area contributed by atoms with Crippen molar-refractivity contribution in [3.8, 4) is 5.75 Å². The standard InChI is InChI=1S/C23H26BrCl3N2O3/c1-4-14(3)28-23(31)20(5-2)29(12-15-6-8-17(25)18(26)10-15)22(30)13-32-21-9-7-16(24)11-19(21)27/h6-11,14,20H,4-5,12-13H2,1-3H3,(H,28,31)/t14-,20+/m0/s1. The lowest BCUT2D eigenvalue weighted by Gasteiger charge is -2.31. The average Bonchev–Trinajstić information content (AvgIpc) is 2.75. The Balaban J connectivity index is 2.26. The zero-order chi connectivity index (χ0) is 23.8. The molecule has 0 radical (unpaired) electrons. The molecule has 5 nitrogen and oxygen atoms in total. The zero-order valence-electron chi connectivity index (χ0n) is 18.1. The first kappa shape index (κ1) is 26.8. The number of carbonyl (C=O) groups excluding carboxylic acids is 2. The van der Waals surface area contributed by atoms with Crippen LogP contribution in [0.5, 0.6) is 5.75 Å². The van der Waals surface area contributed by atoms with Crippen LogP contribution in [0.3, 0.4) is 0 Å². The van der Waals surface area contributed by atoms with Crippen molar-refractivity contribution in [2.45, 2.75) is 52.2 Å². The molecule has 0 spiro atoms. The third-order valence-electron chi connectivity index (χ3n) is 4.97. The van der Waals surface area contributed by atoms with E-state index in [9.17, 15) is 9.59 Å². The summed E-state index contributed by atoms with van der Waals surface area (Å²) < 4.78 is 6.47. The summed E-state index contributed by atoms with van der Waals surface area (Å²) >= 11 is 21.7. The summed E-state index contributed by atoms with van der Waals surface area (Å²) in [6.45, 7) is 5.69. The van der Waals surface area contributed by atoms with Crippen molar-refractivity contribution in [1.29, 1.82) is 0 Å². The van der Waals surface area contributed by atoms with Gasteiger partial charge in [-0.3, -0.25) is 9.59 Å². The highest BCUT2D eigenvalue weighted by Crippen LogP contribution is 2.28. The first-order chi connectivity index (χ1) is 15.2. The third-order valence-corrected chi connectivity index (χ3v) is 6.50. The highest BCUT2D eigenvalue weighted by molar-refractivity contribution is 9.10. The van der Waals surface area contributed by atoms with E-state index in [4.69, 9.17) is 39.5 Å². The molecule has 1 N–H and O–H groups in total. The van der Waals surface area contributed by atoms with Gasteiger partial charge in [0.25, 0.3) is 5.91 Å². The number of halogens is 4. The van der Waals surface area contributed by atoms with Gasteiger partial charge < -0.3 is 15.0 Å². The molecule has 2 aromatic rings. The van der Waals surface area contributed by atoms with Crippen LogP contribution < -0.4 is 10.1 Å². The summed E-state index contributed by atoms with van der Waals surface area (Å²) in [5, 5.41) is 4.14. The van der Waals surface area contributed by atoms with E-state index in [1.165, 1.54) is 4.90 Å². The van der Waals surface area contributed by atoms with Crippen LogP contribution in [-0.4, -0.2) is 35.4 Å². The first-order valence-corrected chi connectivity index (χ1v) is 12.2. The molecule has 0 aromatic heterocycles. The Morgan fingerprint density at radius 3 is 2.34 bits per heavy atom. The predicted octanol–water partition coefficient (Wildman–Crippen LogP) is 6.51. The van der Waals surface area contributed by atoms with Gasteiger partial charge in [-0.25, -0.2) is 0 Å². The fourth-order valence-electron chi connectivity index (χ4n) is 3.01. The minimum absolute atomic E-state index is 0.00343. The number of rotatable bonds is 10. The van der Waals surface area contributed by atoms with Gasteiger partial charge in [-0.2, -0.15) is 0 Å². The molecule has 2 aromatic carbocycles. The Morgan fingerprint density at radius 1 is 1.03 bits per heavy atom. The second kappa shape index (κ2) is 12.7. The van der Waals surface area contributed by atoms with E-state index >= 15 is 0 Å². The molecule has 9 heteroatoms. The van der Waals surface area contributed by atoms with Crippen molar-refractivity contribution in [2.75, 3.05) is 6.61 Å². The molecule has 0 saturated carbocycles. The van der Waals surface area contributed by atoms with Crippen LogP contribution in [0.15, 0.2) is 40.9 Å². The van der Waals surface area contributed by atoms with Crippen LogP contribution in [-0.2, 0) is 16.1 Å². The van der Waals surface area contributed by atoms with E-state index < -0.39 is 6.04 Å². The molecular formula is C23H26BrCl3N2O3. The van der Waals surface area contributed by atoms with Crippen LogP contribution in [0.1, 0.15) is 39.2 Å². The van der Waals surface area contributed by atoms with Gasteiger partial charge in [-0.05, 0) is 55.7 Å². The first-order valence-electron chi connectivity index (χ1n) is 10.3. The number of hydrogen-bond donors (Lipinski definition) is 1. The molecule has 0 unspecified atom stereocenters. The molecule has 2 amide bonds. The SMILES string of the molecule is CC[C@H](C(=O)N[C@@H](C)CC)N(Cc1ccc(Cl)c(Cl)c1)C(=O)COc1ccc(Br)cc1Cl. The van der Waals surface area contributed by atoms with Gasteiger partial charge in [-0.1, -0.05) is 70.6 Å². The summed E-state index contributed by atoms with van der Waals surface area (Å²) in [7, 11) is 0. The summed E-state index contributed by atoms with van der Waals surface area (Å²) in [4.78, 5) is 27.7. The average molecular weight is 565 g/mol. The zero-order valence-corrected chi connectivity index (χ0v) is 22.0. The van der Waals surface area contributed by atoms with E-state index in [-0.39, 0.29) is 31.0 Å². The topological polar surface area (TPSA) is 58.6 Å². The van der Waals surface area contributed by atoms with Crippen LogP contribution in [0, 0.1) is 0 Å². The Kier molecular flexibility index (Phi) is 10.6. The smallest absolute Gasteiger partial charge is 0.261 e.